The van der Waals surface area contributed by atoms with Crippen LogP contribution in [0.25, 0.3) is 0 Å². The van der Waals surface area contributed by atoms with Crippen molar-refractivity contribution in [2.75, 3.05) is 20.1 Å². The molecule has 1 aliphatic carbocycles. The molecule has 0 aromatic heterocycles. The van der Waals surface area contributed by atoms with Crippen LogP contribution in [0.1, 0.15) is 42.5 Å². The largest absolute Gasteiger partial charge is 0.392 e. The molecule has 132 valence electrons. The van der Waals surface area contributed by atoms with Gasteiger partial charge in [0.15, 0.2) is 11.6 Å². The smallest absolute Gasteiger partial charge is 0.254 e. The highest BCUT2D eigenvalue weighted by Crippen LogP contribution is 2.30. The van der Waals surface area contributed by atoms with Crippen molar-refractivity contribution in [1.82, 2.24) is 9.80 Å². The third-order valence-corrected chi connectivity index (χ3v) is 5.34. The first kappa shape index (κ1) is 17.3. The lowest BCUT2D eigenvalue weighted by Crippen LogP contribution is -2.53. The summed E-state index contributed by atoms with van der Waals surface area (Å²) in [6.07, 6.45) is 4.52. The summed E-state index contributed by atoms with van der Waals surface area (Å²) < 4.78 is 26.5. The van der Waals surface area contributed by atoms with E-state index in [4.69, 9.17) is 0 Å². The fraction of sp³-hybridized carbons (Fsp3) is 0.611. The van der Waals surface area contributed by atoms with Crippen molar-refractivity contribution in [2.45, 2.75) is 50.3 Å². The van der Waals surface area contributed by atoms with E-state index in [2.05, 4.69) is 4.90 Å². The first-order chi connectivity index (χ1) is 11.5. The zero-order valence-corrected chi connectivity index (χ0v) is 13.9. The Labute approximate surface area is 141 Å². The van der Waals surface area contributed by atoms with E-state index in [0.717, 1.165) is 50.8 Å². The van der Waals surface area contributed by atoms with Gasteiger partial charge in [-0.1, -0.05) is 12.8 Å². The molecule has 0 radical (unpaired) electrons. The van der Waals surface area contributed by atoms with Gasteiger partial charge in [0.2, 0.25) is 0 Å². The highest BCUT2D eigenvalue weighted by molar-refractivity contribution is 5.94. The van der Waals surface area contributed by atoms with Gasteiger partial charge >= 0.3 is 0 Å². The van der Waals surface area contributed by atoms with Crippen LogP contribution in [0, 0.1) is 11.6 Å². The summed E-state index contributed by atoms with van der Waals surface area (Å²) in [7, 11) is 1.74. The molecule has 1 aromatic carbocycles. The van der Waals surface area contributed by atoms with Crippen LogP contribution in [0.3, 0.4) is 0 Å². The Bertz CT molecular complexity index is 611. The second kappa shape index (κ2) is 7.15. The molecular formula is C18H24F2N2O2. The molecule has 3 atom stereocenters. The summed E-state index contributed by atoms with van der Waals surface area (Å²) in [4.78, 5) is 16.6. The molecule has 4 nitrogen and oxygen atoms in total. The maximum absolute atomic E-state index is 13.4. The van der Waals surface area contributed by atoms with Crippen molar-refractivity contribution in [3.05, 3.63) is 35.4 Å². The quantitative estimate of drug-likeness (QED) is 0.920. The molecule has 1 heterocycles. The summed E-state index contributed by atoms with van der Waals surface area (Å²) in [6, 6.07) is 3.53. The molecule has 24 heavy (non-hydrogen) atoms. The molecular weight excluding hydrogens is 314 g/mol. The van der Waals surface area contributed by atoms with Crippen LogP contribution in [0.4, 0.5) is 8.78 Å². The monoisotopic (exact) mass is 338 g/mol. The predicted octanol–water partition coefficient (Wildman–Crippen LogP) is 2.41. The van der Waals surface area contributed by atoms with Crippen LogP contribution >= 0.6 is 0 Å². The predicted molar refractivity (Wildman–Crippen MR) is 86.7 cm³/mol. The van der Waals surface area contributed by atoms with Gasteiger partial charge in [0.05, 0.1) is 6.10 Å². The van der Waals surface area contributed by atoms with Crippen molar-refractivity contribution in [1.29, 1.82) is 0 Å². The van der Waals surface area contributed by atoms with E-state index in [0.29, 0.717) is 6.54 Å². The fourth-order valence-corrected chi connectivity index (χ4v) is 4.02. The van der Waals surface area contributed by atoms with Crippen LogP contribution in [0.2, 0.25) is 0 Å². The average molecular weight is 338 g/mol. The van der Waals surface area contributed by atoms with E-state index in [-0.39, 0.29) is 29.7 Å². The minimum absolute atomic E-state index is 0.0321. The maximum Gasteiger partial charge on any atom is 0.254 e. The standard InChI is InChI=1S/C18H24F2N2O2/c1-21(18(24)12-6-7-14(19)15(20)10-12)16-4-2-3-5-17(16)22-9-8-13(23)11-22/h6-7,10,13,16-17,23H,2-5,8-9,11H2,1H3/t13?,16-,17+/m1/s1. The van der Waals surface area contributed by atoms with Gasteiger partial charge in [0.1, 0.15) is 0 Å². The van der Waals surface area contributed by atoms with Gasteiger partial charge in [-0.2, -0.15) is 0 Å². The average Bonchev–Trinajstić information content (AvgIpc) is 3.02. The van der Waals surface area contributed by atoms with E-state index in [9.17, 15) is 18.7 Å². The second-order valence-electron chi connectivity index (χ2n) is 6.90. The van der Waals surface area contributed by atoms with Crippen LogP contribution in [0.5, 0.6) is 0 Å². The van der Waals surface area contributed by atoms with E-state index < -0.39 is 11.6 Å². The van der Waals surface area contributed by atoms with E-state index in [1.54, 1.807) is 11.9 Å². The lowest BCUT2D eigenvalue weighted by molar-refractivity contribution is 0.0465. The number of β-amino-alcohol motifs (C(OH)–C–C–N with tert-alkyl or cyclic N) is 1. The van der Waals surface area contributed by atoms with Gasteiger partial charge in [-0.3, -0.25) is 9.69 Å². The molecule has 0 spiro atoms. The van der Waals surface area contributed by atoms with Gasteiger partial charge in [-0.05, 0) is 37.5 Å². The number of nitrogens with zero attached hydrogens (tertiary/aromatic N) is 2. The van der Waals surface area contributed by atoms with E-state index >= 15 is 0 Å². The van der Waals surface area contributed by atoms with E-state index in [1.807, 2.05) is 0 Å². The Balaban J connectivity index is 1.76. The molecule has 1 unspecified atom stereocenters. The summed E-state index contributed by atoms with van der Waals surface area (Å²) in [6.45, 7) is 1.49. The zero-order valence-electron chi connectivity index (χ0n) is 13.9. The molecule has 0 bridgehead atoms. The van der Waals surface area contributed by atoms with Crippen LogP contribution in [-0.2, 0) is 0 Å². The summed E-state index contributed by atoms with van der Waals surface area (Å²) in [5.41, 5.74) is 0.169. The lowest BCUT2D eigenvalue weighted by atomic mass is 9.88. The molecule has 6 heteroatoms. The lowest BCUT2D eigenvalue weighted by Gasteiger charge is -2.42. The topological polar surface area (TPSA) is 43.8 Å². The van der Waals surface area contributed by atoms with Gasteiger partial charge in [0.25, 0.3) is 5.91 Å². The normalized spacial score (nSPS) is 28.1. The van der Waals surface area contributed by atoms with Gasteiger partial charge < -0.3 is 10.0 Å². The number of amides is 1. The number of benzene rings is 1. The fourth-order valence-electron chi connectivity index (χ4n) is 4.02. The number of aliphatic hydroxyl groups excluding tert-OH is 1. The summed E-state index contributed by atoms with van der Waals surface area (Å²) in [5.74, 6) is -2.24. The van der Waals surface area contributed by atoms with E-state index in [1.165, 1.54) is 6.07 Å². The Kier molecular flexibility index (Phi) is 5.15. The van der Waals surface area contributed by atoms with Crippen molar-refractivity contribution >= 4 is 5.91 Å². The number of aliphatic hydroxyl groups is 1. The number of likely N-dealkylation sites (tertiary alicyclic amines) is 1. The highest BCUT2D eigenvalue weighted by Gasteiger charge is 2.37. The first-order valence-electron chi connectivity index (χ1n) is 8.61. The molecule has 2 aliphatic rings. The molecule has 2 fully saturated rings. The third-order valence-electron chi connectivity index (χ3n) is 5.34. The Morgan fingerprint density at radius 1 is 1.21 bits per heavy atom. The summed E-state index contributed by atoms with van der Waals surface area (Å²) in [5, 5.41) is 9.80. The summed E-state index contributed by atoms with van der Waals surface area (Å²) >= 11 is 0. The minimum Gasteiger partial charge on any atom is -0.392 e. The Morgan fingerprint density at radius 2 is 1.96 bits per heavy atom. The number of halogens is 2. The second-order valence-corrected chi connectivity index (χ2v) is 6.90. The highest BCUT2D eigenvalue weighted by atomic mass is 19.2. The number of carbonyl (C=O) groups excluding carboxylic acids is 1. The van der Waals surface area contributed by atoms with Gasteiger partial charge in [0, 0.05) is 37.8 Å². The maximum atomic E-state index is 13.4. The molecule has 1 N–H and O–H groups in total. The van der Waals surface area contributed by atoms with Crippen molar-refractivity contribution in [3.8, 4) is 0 Å². The first-order valence-corrected chi connectivity index (χ1v) is 8.61. The van der Waals surface area contributed by atoms with Gasteiger partial charge in [-0.25, -0.2) is 8.78 Å². The zero-order chi connectivity index (χ0) is 17.3. The molecule has 1 amide bonds. The Morgan fingerprint density at radius 3 is 2.62 bits per heavy atom. The van der Waals surface area contributed by atoms with Crippen molar-refractivity contribution in [2.24, 2.45) is 0 Å². The number of rotatable bonds is 3. The molecule has 1 aliphatic heterocycles. The number of likely N-dealkylation sites (N-methyl/N-ethyl adjacent to an activating group) is 1. The number of carbonyl (C=O) groups is 1. The van der Waals surface area contributed by atoms with Gasteiger partial charge in [-0.15, -0.1) is 0 Å². The molecule has 3 rings (SSSR count). The third kappa shape index (κ3) is 3.44. The van der Waals surface area contributed by atoms with Crippen molar-refractivity contribution in [3.63, 3.8) is 0 Å². The molecule has 1 saturated heterocycles. The van der Waals surface area contributed by atoms with Crippen LogP contribution in [0.15, 0.2) is 18.2 Å². The SMILES string of the molecule is CN(C(=O)c1ccc(F)c(F)c1)[C@@H]1CCCC[C@@H]1N1CCC(O)C1. The van der Waals surface area contributed by atoms with Crippen LogP contribution < -0.4 is 0 Å². The van der Waals surface area contributed by atoms with Crippen molar-refractivity contribution < 1.29 is 18.7 Å². The number of hydrogen-bond acceptors (Lipinski definition) is 3. The minimum atomic E-state index is -1.00. The molecule has 1 aromatic rings. The van der Waals surface area contributed by atoms with Crippen LogP contribution in [-0.4, -0.2) is 59.1 Å². The molecule has 1 saturated carbocycles. The number of hydrogen-bond donors (Lipinski definition) is 1. The Hall–Kier alpha value is -1.53.